The number of nitrogens with one attached hydrogen (secondary N) is 2. The van der Waals surface area contributed by atoms with Gasteiger partial charge in [-0.3, -0.25) is 19.5 Å². The molecule has 1 aromatic carbocycles. The Kier molecular flexibility index (Phi) is 8.19. The molecule has 29 heavy (non-hydrogen) atoms. The molecule has 0 saturated carbocycles. The fourth-order valence-electron chi connectivity index (χ4n) is 3.70. The van der Waals surface area contributed by atoms with E-state index in [1.165, 1.54) is 5.56 Å². The van der Waals surface area contributed by atoms with Gasteiger partial charge in [-0.25, -0.2) is 0 Å². The molecule has 6 nitrogen and oxygen atoms in total. The largest absolute Gasteiger partial charge is 0.356 e. The van der Waals surface area contributed by atoms with E-state index in [2.05, 4.69) is 32.7 Å². The van der Waals surface area contributed by atoms with Gasteiger partial charge in [-0.2, -0.15) is 0 Å². The van der Waals surface area contributed by atoms with Crippen molar-refractivity contribution in [2.75, 3.05) is 26.2 Å². The minimum absolute atomic E-state index is 0.0403. The number of hydrogen-bond donors (Lipinski definition) is 2. The number of rotatable bonds is 10. The van der Waals surface area contributed by atoms with Gasteiger partial charge in [0, 0.05) is 32.0 Å². The molecule has 1 saturated heterocycles. The molecule has 1 aliphatic heterocycles. The van der Waals surface area contributed by atoms with Crippen LogP contribution >= 0.6 is 0 Å². The summed E-state index contributed by atoms with van der Waals surface area (Å²) in [4.78, 5) is 31.0. The zero-order valence-corrected chi connectivity index (χ0v) is 16.8. The number of piperazine rings is 1. The molecule has 2 aromatic rings. The summed E-state index contributed by atoms with van der Waals surface area (Å²) in [5.74, 6) is -0.104. The summed E-state index contributed by atoms with van der Waals surface area (Å²) in [6.07, 6.45) is 7.50. The fraction of sp³-hybridized carbons (Fsp3) is 0.435. The van der Waals surface area contributed by atoms with Gasteiger partial charge < -0.3 is 10.6 Å². The van der Waals surface area contributed by atoms with Crippen molar-refractivity contribution in [3.8, 4) is 0 Å². The maximum Gasteiger partial charge on any atom is 0.237 e. The molecule has 2 amide bonds. The van der Waals surface area contributed by atoms with Crippen LogP contribution in [0.2, 0.25) is 0 Å². The number of amides is 2. The molecule has 1 atom stereocenters. The van der Waals surface area contributed by atoms with Gasteiger partial charge in [-0.05, 0) is 49.4 Å². The van der Waals surface area contributed by atoms with E-state index in [4.69, 9.17) is 0 Å². The van der Waals surface area contributed by atoms with Crippen LogP contribution in [0.5, 0.6) is 0 Å². The molecule has 0 radical (unpaired) electrons. The van der Waals surface area contributed by atoms with Crippen LogP contribution in [-0.2, 0) is 22.4 Å². The maximum atomic E-state index is 12.4. The van der Waals surface area contributed by atoms with Gasteiger partial charge in [-0.15, -0.1) is 0 Å². The highest BCUT2D eigenvalue weighted by atomic mass is 16.2. The second-order valence-electron chi connectivity index (χ2n) is 7.45. The Bertz CT molecular complexity index is 767. The Labute approximate surface area is 172 Å². The zero-order valence-electron chi connectivity index (χ0n) is 16.8. The van der Waals surface area contributed by atoms with Gasteiger partial charge in [0.25, 0.3) is 0 Å². The van der Waals surface area contributed by atoms with Crippen molar-refractivity contribution in [3.63, 3.8) is 0 Å². The number of aryl methyl sites for hydroxylation is 2. The van der Waals surface area contributed by atoms with Crippen molar-refractivity contribution >= 4 is 11.8 Å². The van der Waals surface area contributed by atoms with Gasteiger partial charge in [0.2, 0.25) is 11.8 Å². The summed E-state index contributed by atoms with van der Waals surface area (Å²) < 4.78 is 0. The molecular weight excluding hydrogens is 364 g/mol. The number of benzene rings is 1. The van der Waals surface area contributed by atoms with Crippen molar-refractivity contribution in [3.05, 3.63) is 66.0 Å². The van der Waals surface area contributed by atoms with Crippen LogP contribution in [0.25, 0.3) is 0 Å². The molecule has 154 valence electrons. The highest BCUT2D eigenvalue weighted by Crippen LogP contribution is 2.12. The van der Waals surface area contributed by atoms with Crippen LogP contribution in [0.15, 0.2) is 54.9 Å². The first-order valence-electron chi connectivity index (χ1n) is 10.4. The second-order valence-corrected chi connectivity index (χ2v) is 7.45. The van der Waals surface area contributed by atoms with Crippen LogP contribution in [0.4, 0.5) is 0 Å². The van der Waals surface area contributed by atoms with E-state index in [-0.39, 0.29) is 24.3 Å². The number of pyridine rings is 1. The normalized spacial score (nSPS) is 17.0. The first kappa shape index (κ1) is 21.0. The number of aromatic nitrogens is 1. The van der Waals surface area contributed by atoms with Crippen LogP contribution in [-0.4, -0.2) is 53.9 Å². The number of carbonyl (C=O) groups is 2. The maximum absolute atomic E-state index is 12.4. The predicted octanol–water partition coefficient (Wildman–Crippen LogP) is 1.95. The number of carbonyl (C=O) groups excluding carboxylic acids is 2. The smallest absolute Gasteiger partial charge is 0.237 e. The molecule has 6 heteroatoms. The minimum Gasteiger partial charge on any atom is -0.356 e. The van der Waals surface area contributed by atoms with Crippen LogP contribution in [0.3, 0.4) is 0 Å². The SMILES string of the molecule is O=C(C[C@@H]1C(=O)NCCN1CCCc1ccccc1)NCCCc1cccnc1. The quantitative estimate of drug-likeness (QED) is 0.604. The predicted molar refractivity (Wildman–Crippen MR) is 113 cm³/mol. The molecule has 2 N–H and O–H groups in total. The lowest BCUT2D eigenvalue weighted by Crippen LogP contribution is -2.56. The summed E-state index contributed by atoms with van der Waals surface area (Å²) in [6.45, 7) is 2.87. The van der Waals surface area contributed by atoms with Crippen molar-refractivity contribution in [2.24, 2.45) is 0 Å². The van der Waals surface area contributed by atoms with Gasteiger partial charge in [0.05, 0.1) is 12.5 Å². The second kappa shape index (κ2) is 11.3. The lowest BCUT2D eigenvalue weighted by Gasteiger charge is -2.34. The van der Waals surface area contributed by atoms with Gasteiger partial charge in [0.15, 0.2) is 0 Å². The topological polar surface area (TPSA) is 74.3 Å². The molecule has 0 aliphatic carbocycles. The third-order valence-corrected chi connectivity index (χ3v) is 5.26. The molecule has 3 rings (SSSR count). The average Bonchev–Trinajstić information content (AvgIpc) is 2.75. The molecule has 2 heterocycles. The van der Waals surface area contributed by atoms with E-state index in [0.29, 0.717) is 13.1 Å². The summed E-state index contributed by atoms with van der Waals surface area (Å²) >= 11 is 0. The summed E-state index contributed by atoms with van der Waals surface area (Å²) in [7, 11) is 0. The van der Waals surface area contributed by atoms with Gasteiger partial charge in [-0.1, -0.05) is 36.4 Å². The highest BCUT2D eigenvalue weighted by molar-refractivity contribution is 5.88. The molecule has 0 unspecified atom stereocenters. The summed E-state index contributed by atoms with van der Waals surface area (Å²) in [6, 6.07) is 13.9. The van der Waals surface area contributed by atoms with E-state index < -0.39 is 0 Å². The molecular formula is C23H30N4O2. The van der Waals surface area contributed by atoms with E-state index in [1.807, 2.05) is 36.5 Å². The van der Waals surface area contributed by atoms with Gasteiger partial charge >= 0.3 is 0 Å². The van der Waals surface area contributed by atoms with E-state index in [1.54, 1.807) is 6.20 Å². The van der Waals surface area contributed by atoms with Crippen molar-refractivity contribution in [1.82, 2.24) is 20.5 Å². The number of hydrogen-bond acceptors (Lipinski definition) is 4. The van der Waals surface area contributed by atoms with Crippen LogP contribution in [0, 0.1) is 0 Å². The summed E-state index contributed by atoms with van der Waals surface area (Å²) in [5.41, 5.74) is 2.47. The lowest BCUT2D eigenvalue weighted by molar-refractivity contribution is -0.133. The van der Waals surface area contributed by atoms with E-state index in [9.17, 15) is 9.59 Å². The van der Waals surface area contributed by atoms with Crippen molar-refractivity contribution < 1.29 is 9.59 Å². The van der Waals surface area contributed by atoms with Crippen LogP contribution in [0.1, 0.15) is 30.4 Å². The van der Waals surface area contributed by atoms with Crippen molar-refractivity contribution in [2.45, 2.75) is 38.1 Å². The van der Waals surface area contributed by atoms with Gasteiger partial charge in [0.1, 0.15) is 0 Å². The first-order valence-corrected chi connectivity index (χ1v) is 10.4. The average molecular weight is 395 g/mol. The monoisotopic (exact) mass is 394 g/mol. The van der Waals surface area contributed by atoms with Crippen LogP contribution < -0.4 is 10.6 Å². The Balaban J connectivity index is 1.40. The minimum atomic E-state index is -0.377. The molecule has 1 aromatic heterocycles. The Morgan fingerprint density at radius 2 is 1.90 bits per heavy atom. The highest BCUT2D eigenvalue weighted by Gasteiger charge is 2.31. The van der Waals surface area contributed by atoms with E-state index >= 15 is 0 Å². The van der Waals surface area contributed by atoms with E-state index in [0.717, 1.165) is 44.3 Å². The number of nitrogens with zero attached hydrogens (tertiary/aromatic N) is 2. The zero-order chi connectivity index (χ0) is 20.3. The molecule has 0 bridgehead atoms. The fourth-order valence-corrected chi connectivity index (χ4v) is 3.70. The summed E-state index contributed by atoms with van der Waals surface area (Å²) in [5, 5.41) is 5.85. The molecule has 1 fully saturated rings. The standard InChI is InChI=1S/C23H30N4O2/c28-22(25-13-5-10-20-9-4-12-24-18-20)17-21-23(29)26-14-16-27(21)15-6-11-19-7-2-1-3-8-19/h1-4,7-9,12,18,21H,5-6,10-11,13-17H2,(H,25,28)(H,26,29)/t21-/m1/s1. The lowest BCUT2D eigenvalue weighted by atomic mass is 10.1. The third kappa shape index (κ3) is 6.98. The Hall–Kier alpha value is -2.73. The first-order chi connectivity index (χ1) is 14.2. The molecule has 0 spiro atoms. The third-order valence-electron chi connectivity index (χ3n) is 5.26. The Morgan fingerprint density at radius 1 is 1.10 bits per heavy atom. The Morgan fingerprint density at radius 3 is 2.69 bits per heavy atom. The molecule has 1 aliphatic rings. The van der Waals surface area contributed by atoms with Crippen molar-refractivity contribution in [1.29, 1.82) is 0 Å².